The number of fused-ring (bicyclic) bond motifs is 1. The number of para-hydroxylation sites is 1. The predicted molar refractivity (Wildman–Crippen MR) is 85.1 cm³/mol. The fourth-order valence-corrected chi connectivity index (χ4v) is 4.01. The lowest BCUT2D eigenvalue weighted by Gasteiger charge is -2.24. The number of aromatic nitrogens is 1. The van der Waals surface area contributed by atoms with Gasteiger partial charge in [0.05, 0.1) is 15.0 Å². The Morgan fingerprint density at radius 1 is 1.37 bits per heavy atom. The van der Waals surface area contributed by atoms with Crippen LogP contribution in [-0.2, 0) is 4.79 Å². The fourth-order valence-electron chi connectivity index (χ4n) is 1.82. The summed E-state index contributed by atoms with van der Waals surface area (Å²) in [6, 6.07) is 7.89. The maximum absolute atomic E-state index is 12.3. The molecule has 5 heteroatoms. The zero-order valence-electron chi connectivity index (χ0n) is 11.6. The van der Waals surface area contributed by atoms with E-state index in [9.17, 15) is 4.79 Å². The smallest absolute Gasteiger partial charge is 0.241 e. The topological polar surface area (TPSA) is 42.0 Å². The minimum Gasteiger partial charge on any atom is -0.301 e. The zero-order chi connectivity index (χ0) is 14.0. The Hall–Kier alpha value is -1.07. The highest BCUT2D eigenvalue weighted by atomic mass is 32.2. The van der Waals surface area contributed by atoms with Crippen molar-refractivity contribution in [2.75, 3.05) is 5.32 Å². The molecule has 3 nitrogen and oxygen atoms in total. The van der Waals surface area contributed by atoms with Gasteiger partial charge >= 0.3 is 0 Å². The van der Waals surface area contributed by atoms with Crippen molar-refractivity contribution < 1.29 is 4.79 Å². The standard InChI is InChI=1S/C14H18N2OS2/c1-9(2)19-14(3,4)12(17)16-13-15-10-7-5-6-8-11(10)18-13/h5-9H,1-4H3,(H,15,16,17). The van der Waals surface area contributed by atoms with Gasteiger partial charge in [-0.15, -0.1) is 11.8 Å². The van der Waals surface area contributed by atoms with Crippen molar-refractivity contribution in [2.24, 2.45) is 0 Å². The number of nitrogens with zero attached hydrogens (tertiary/aromatic N) is 1. The number of carbonyl (C=O) groups excluding carboxylic acids is 1. The lowest BCUT2D eigenvalue weighted by Crippen LogP contribution is -2.35. The minimum atomic E-state index is -0.452. The van der Waals surface area contributed by atoms with Crippen LogP contribution in [0.1, 0.15) is 27.7 Å². The lowest BCUT2D eigenvalue weighted by atomic mass is 10.2. The van der Waals surface area contributed by atoms with Crippen LogP contribution < -0.4 is 5.32 Å². The lowest BCUT2D eigenvalue weighted by molar-refractivity contribution is -0.117. The van der Waals surface area contributed by atoms with Gasteiger partial charge in [-0.25, -0.2) is 4.98 Å². The van der Waals surface area contributed by atoms with E-state index in [0.29, 0.717) is 10.4 Å². The number of thiazole rings is 1. The first-order valence-electron chi connectivity index (χ1n) is 6.23. The Kier molecular flexibility index (Phi) is 4.16. The molecule has 0 aliphatic carbocycles. The van der Waals surface area contributed by atoms with Gasteiger partial charge in [0.2, 0.25) is 5.91 Å². The maximum Gasteiger partial charge on any atom is 0.241 e. The zero-order valence-corrected chi connectivity index (χ0v) is 13.2. The first kappa shape index (κ1) is 14.3. The molecule has 1 N–H and O–H groups in total. The van der Waals surface area contributed by atoms with Crippen LogP contribution in [0.4, 0.5) is 5.13 Å². The van der Waals surface area contributed by atoms with Gasteiger partial charge in [0, 0.05) is 5.25 Å². The molecule has 19 heavy (non-hydrogen) atoms. The van der Waals surface area contributed by atoms with Crippen LogP contribution in [0.15, 0.2) is 24.3 Å². The summed E-state index contributed by atoms with van der Waals surface area (Å²) in [7, 11) is 0. The average molecular weight is 294 g/mol. The second-order valence-corrected chi connectivity index (χ2v) is 8.35. The molecule has 102 valence electrons. The van der Waals surface area contributed by atoms with Gasteiger partial charge in [0.25, 0.3) is 0 Å². The third-order valence-electron chi connectivity index (χ3n) is 2.59. The molecule has 2 rings (SSSR count). The summed E-state index contributed by atoms with van der Waals surface area (Å²) in [4.78, 5) is 16.7. The van der Waals surface area contributed by atoms with Gasteiger partial charge < -0.3 is 5.32 Å². The molecule has 0 fully saturated rings. The summed E-state index contributed by atoms with van der Waals surface area (Å²) in [5, 5.41) is 4.01. The Labute approximate surface area is 121 Å². The predicted octanol–water partition coefficient (Wildman–Crippen LogP) is 4.16. The van der Waals surface area contributed by atoms with Crippen LogP contribution in [0.2, 0.25) is 0 Å². The van der Waals surface area contributed by atoms with E-state index in [-0.39, 0.29) is 5.91 Å². The van der Waals surface area contributed by atoms with Crippen molar-refractivity contribution in [3.63, 3.8) is 0 Å². The summed E-state index contributed by atoms with van der Waals surface area (Å²) in [6.45, 7) is 8.08. The summed E-state index contributed by atoms with van der Waals surface area (Å²) >= 11 is 3.16. The van der Waals surface area contributed by atoms with Crippen LogP contribution in [-0.4, -0.2) is 20.9 Å². The average Bonchev–Trinajstić information content (AvgIpc) is 2.69. The Morgan fingerprint density at radius 3 is 2.68 bits per heavy atom. The number of hydrogen-bond donors (Lipinski definition) is 1. The normalized spacial score (nSPS) is 12.1. The van der Waals surface area contributed by atoms with Crippen molar-refractivity contribution in [1.29, 1.82) is 0 Å². The Morgan fingerprint density at radius 2 is 2.05 bits per heavy atom. The van der Waals surface area contributed by atoms with Crippen LogP contribution in [0, 0.1) is 0 Å². The first-order chi connectivity index (χ1) is 8.88. The molecule has 0 aliphatic rings. The van der Waals surface area contributed by atoms with Crippen molar-refractivity contribution in [1.82, 2.24) is 4.98 Å². The molecule has 0 spiro atoms. The molecule has 1 aromatic carbocycles. The van der Waals surface area contributed by atoms with E-state index >= 15 is 0 Å². The van der Waals surface area contributed by atoms with Gasteiger partial charge in [-0.1, -0.05) is 37.3 Å². The van der Waals surface area contributed by atoms with E-state index < -0.39 is 4.75 Å². The number of anilines is 1. The number of nitrogens with one attached hydrogen (secondary N) is 1. The highest BCUT2D eigenvalue weighted by Gasteiger charge is 2.30. The van der Waals surface area contributed by atoms with Crippen molar-refractivity contribution in [3.05, 3.63) is 24.3 Å². The molecular weight excluding hydrogens is 276 g/mol. The van der Waals surface area contributed by atoms with E-state index in [1.165, 1.54) is 11.3 Å². The molecule has 0 atom stereocenters. The number of benzene rings is 1. The number of amides is 1. The maximum atomic E-state index is 12.3. The summed E-state index contributed by atoms with van der Waals surface area (Å²) in [5.41, 5.74) is 0.928. The monoisotopic (exact) mass is 294 g/mol. The molecule has 0 saturated carbocycles. The molecule has 2 aromatic rings. The SMILES string of the molecule is CC(C)SC(C)(C)C(=O)Nc1nc2ccccc2s1. The third-order valence-corrected chi connectivity index (χ3v) is 4.79. The van der Waals surface area contributed by atoms with Crippen LogP contribution in [0.3, 0.4) is 0 Å². The van der Waals surface area contributed by atoms with Gasteiger partial charge in [-0.2, -0.15) is 0 Å². The molecule has 0 saturated heterocycles. The number of thioether (sulfide) groups is 1. The summed E-state index contributed by atoms with van der Waals surface area (Å²) in [5.74, 6) is 0.00487. The highest BCUT2D eigenvalue weighted by Crippen LogP contribution is 2.31. The largest absolute Gasteiger partial charge is 0.301 e. The van der Waals surface area contributed by atoms with Crippen molar-refractivity contribution in [2.45, 2.75) is 37.7 Å². The second kappa shape index (κ2) is 5.51. The van der Waals surface area contributed by atoms with Crippen molar-refractivity contribution >= 4 is 44.4 Å². The van der Waals surface area contributed by atoms with E-state index in [4.69, 9.17) is 0 Å². The minimum absolute atomic E-state index is 0.00487. The molecule has 1 aromatic heterocycles. The van der Waals surface area contributed by atoms with E-state index in [2.05, 4.69) is 24.1 Å². The molecule has 1 amide bonds. The number of carbonyl (C=O) groups is 1. The van der Waals surface area contributed by atoms with Gasteiger partial charge in [0.15, 0.2) is 5.13 Å². The van der Waals surface area contributed by atoms with Gasteiger partial charge in [-0.05, 0) is 26.0 Å². The highest BCUT2D eigenvalue weighted by molar-refractivity contribution is 8.01. The van der Waals surface area contributed by atoms with Crippen LogP contribution >= 0.6 is 23.1 Å². The van der Waals surface area contributed by atoms with E-state index in [1.54, 1.807) is 11.8 Å². The van der Waals surface area contributed by atoms with Crippen LogP contribution in [0.5, 0.6) is 0 Å². The molecular formula is C14H18N2OS2. The van der Waals surface area contributed by atoms with Crippen LogP contribution in [0.25, 0.3) is 10.2 Å². The third kappa shape index (κ3) is 3.48. The first-order valence-corrected chi connectivity index (χ1v) is 7.93. The molecule has 0 unspecified atom stereocenters. The van der Waals surface area contributed by atoms with E-state index in [1.807, 2.05) is 38.1 Å². The molecule has 1 heterocycles. The summed E-state index contributed by atoms with van der Waals surface area (Å²) in [6.07, 6.45) is 0. The number of rotatable bonds is 4. The van der Waals surface area contributed by atoms with E-state index in [0.717, 1.165) is 10.2 Å². The Bertz CT molecular complexity index is 557. The van der Waals surface area contributed by atoms with Crippen molar-refractivity contribution in [3.8, 4) is 0 Å². The molecule has 0 bridgehead atoms. The van der Waals surface area contributed by atoms with Gasteiger partial charge in [-0.3, -0.25) is 4.79 Å². The fraction of sp³-hybridized carbons (Fsp3) is 0.429. The summed E-state index contributed by atoms with van der Waals surface area (Å²) < 4.78 is 0.638. The molecule has 0 radical (unpaired) electrons. The number of hydrogen-bond acceptors (Lipinski definition) is 4. The second-order valence-electron chi connectivity index (χ2n) is 5.12. The quantitative estimate of drug-likeness (QED) is 0.921. The molecule has 0 aliphatic heterocycles. The van der Waals surface area contributed by atoms with Gasteiger partial charge in [0.1, 0.15) is 0 Å². The Balaban J connectivity index is 2.14.